The fraction of sp³-hybridized carbons (Fsp3) is 0. The molecule has 0 aromatic rings. The predicted octanol–water partition coefficient (Wildman–Crippen LogP) is -4.98. The van der Waals surface area contributed by atoms with Crippen molar-refractivity contribution < 1.29 is 37.6 Å². The molecule has 13 nitrogen and oxygen atoms in total. The predicted molar refractivity (Wildman–Crippen MR) is 44.5 cm³/mol. The first-order chi connectivity index (χ1) is 3.46. The maximum Gasteiger partial charge on any atom is 2.00 e. The first-order valence-corrected chi connectivity index (χ1v) is 1.10. The van der Waals surface area contributed by atoms with Gasteiger partial charge in [-0.25, -0.2) is 0 Å². The van der Waals surface area contributed by atoms with Gasteiger partial charge in [-0.15, -0.1) is 0 Å². The molecule has 0 spiro atoms. The molecule has 0 aromatic heterocycles. The Morgan fingerprint density at radius 2 is 0.571 bits per heavy atom. The number of nitrogens with zero attached hydrogens (tertiary/aromatic N) is 2. The SMILES string of the molecule is O.O.O.O.O.O=[N+]([O-])[O-].O=[N+]([O-])[O-].[Ca+2]. The Balaban J connectivity index is -0.00000000600. The molecule has 0 heterocycles. The number of hydrogen-bond donors (Lipinski definition) is 0. The van der Waals surface area contributed by atoms with E-state index in [1.165, 1.54) is 0 Å². The van der Waals surface area contributed by atoms with E-state index in [0.29, 0.717) is 0 Å². The van der Waals surface area contributed by atoms with E-state index in [9.17, 15) is 0 Å². The topological polar surface area (TPSA) is 290 Å². The summed E-state index contributed by atoms with van der Waals surface area (Å²) in [5.41, 5.74) is 0. The van der Waals surface area contributed by atoms with Crippen LogP contribution in [0.25, 0.3) is 0 Å². The number of rotatable bonds is 0. The van der Waals surface area contributed by atoms with Crippen LogP contribution in [0.4, 0.5) is 0 Å². The molecule has 0 aliphatic heterocycles. The molecule has 0 aliphatic carbocycles. The van der Waals surface area contributed by atoms with Crippen molar-refractivity contribution in [3.05, 3.63) is 30.6 Å². The summed E-state index contributed by atoms with van der Waals surface area (Å²) in [7, 11) is 0. The summed E-state index contributed by atoms with van der Waals surface area (Å²) in [5, 5.41) is 29.5. The second-order valence-corrected chi connectivity index (χ2v) is 0.447. The van der Waals surface area contributed by atoms with Crippen molar-refractivity contribution in [2.75, 3.05) is 0 Å². The molecule has 0 radical (unpaired) electrons. The fourth-order valence-electron chi connectivity index (χ4n) is 0. The van der Waals surface area contributed by atoms with E-state index in [1.54, 1.807) is 0 Å². The molecule has 14 heavy (non-hydrogen) atoms. The minimum atomic E-state index is -1.75. The van der Waals surface area contributed by atoms with Crippen molar-refractivity contribution in [3.8, 4) is 0 Å². The van der Waals surface area contributed by atoms with E-state index >= 15 is 0 Å². The van der Waals surface area contributed by atoms with E-state index in [1.807, 2.05) is 0 Å². The molecule has 0 bridgehead atoms. The van der Waals surface area contributed by atoms with Crippen LogP contribution in [0.15, 0.2) is 0 Å². The van der Waals surface area contributed by atoms with E-state index in [4.69, 9.17) is 30.6 Å². The van der Waals surface area contributed by atoms with Crippen molar-refractivity contribution in [3.63, 3.8) is 0 Å². The van der Waals surface area contributed by atoms with E-state index in [0.717, 1.165) is 0 Å². The van der Waals surface area contributed by atoms with Gasteiger partial charge >= 0.3 is 37.7 Å². The summed E-state index contributed by atoms with van der Waals surface area (Å²) in [6, 6.07) is 0. The Bertz CT molecular complexity index is 71.3. The zero-order chi connectivity index (χ0) is 7.15. The largest absolute Gasteiger partial charge is 2.00 e. The van der Waals surface area contributed by atoms with Crippen LogP contribution in [-0.4, -0.2) is 75.3 Å². The minimum Gasteiger partial charge on any atom is -0.412 e. The second-order valence-electron chi connectivity index (χ2n) is 0.447. The van der Waals surface area contributed by atoms with Crippen LogP contribution in [-0.2, 0) is 0 Å². The molecule has 10 N–H and O–H groups in total. The molecule has 0 amide bonds. The van der Waals surface area contributed by atoms with Crippen LogP contribution in [0.1, 0.15) is 0 Å². The molecule has 0 aromatic carbocycles. The van der Waals surface area contributed by atoms with Gasteiger partial charge in [0.2, 0.25) is 0 Å². The molecular formula is H10CaN2O11. The molecular weight excluding hydrogens is 244 g/mol. The molecule has 0 fully saturated rings. The normalized spacial score (nSPS) is 3.43. The Morgan fingerprint density at radius 1 is 0.571 bits per heavy atom. The molecule has 0 rings (SSSR count). The molecule has 88 valence electrons. The summed E-state index contributed by atoms with van der Waals surface area (Å²) in [5.74, 6) is 0. The van der Waals surface area contributed by atoms with E-state index < -0.39 is 10.2 Å². The average molecular weight is 254 g/mol. The van der Waals surface area contributed by atoms with Crippen molar-refractivity contribution in [1.29, 1.82) is 0 Å². The maximum atomic E-state index is 8.25. The first-order valence-electron chi connectivity index (χ1n) is 1.10. The van der Waals surface area contributed by atoms with Gasteiger partial charge in [-0.05, 0) is 0 Å². The van der Waals surface area contributed by atoms with Gasteiger partial charge in [0.25, 0.3) is 0 Å². The van der Waals surface area contributed by atoms with Crippen LogP contribution in [0.3, 0.4) is 0 Å². The molecule has 0 saturated carbocycles. The Labute approximate surface area is 106 Å². The molecule has 14 heteroatoms. The molecule has 0 saturated heterocycles. The van der Waals surface area contributed by atoms with Gasteiger partial charge in [0.05, 0.1) is 10.2 Å². The van der Waals surface area contributed by atoms with Gasteiger partial charge in [-0.3, -0.25) is 0 Å². The summed E-state index contributed by atoms with van der Waals surface area (Å²) in [6.07, 6.45) is 0. The standard InChI is InChI=1S/Ca.2NO3.5H2O/c;2*2-1(3)4;;;;;/h;;;5*1H2/q+2;2*-1;;;;;. The van der Waals surface area contributed by atoms with Crippen molar-refractivity contribution in [2.24, 2.45) is 0 Å². The third-order valence-electron chi connectivity index (χ3n) is 0. The molecule has 0 atom stereocenters. The van der Waals surface area contributed by atoms with Crippen LogP contribution in [0.5, 0.6) is 0 Å². The van der Waals surface area contributed by atoms with Gasteiger partial charge in [0.1, 0.15) is 0 Å². The summed E-state index contributed by atoms with van der Waals surface area (Å²) >= 11 is 0. The van der Waals surface area contributed by atoms with E-state index in [2.05, 4.69) is 0 Å². The van der Waals surface area contributed by atoms with E-state index in [-0.39, 0.29) is 65.1 Å². The van der Waals surface area contributed by atoms with Gasteiger partial charge in [0, 0.05) is 0 Å². The Hall–Kier alpha value is -0.540. The van der Waals surface area contributed by atoms with Gasteiger partial charge in [-0.2, -0.15) is 0 Å². The third-order valence-corrected chi connectivity index (χ3v) is 0. The summed E-state index contributed by atoms with van der Waals surface area (Å²) < 4.78 is 0. The van der Waals surface area contributed by atoms with Crippen molar-refractivity contribution >= 4 is 37.7 Å². The van der Waals surface area contributed by atoms with Crippen LogP contribution >= 0.6 is 0 Å². The van der Waals surface area contributed by atoms with Crippen LogP contribution < -0.4 is 0 Å². The van der Waals surface area contributed by atoms with Crippen molar-refractivity contribution in [2.45, 2.75) is 0 Å². The summed E-state index contributed by atoms with van der Waals surface area (Å²) in [6.45, 7) is 0. The fourth-order valence-corrected chi connectivity index (χ4v) is 0. The van der Waals surface area contributed by atoms with Gasteiger partial charge in [0.15, 0.2) is 0 Å². The Morgan fingerprint density at radius 3 is 0.571 bits per heavy atom. The van der Waals surface area contributed by atoms with Crippen LogP contribution in [0, 0.1) is 30.6 Å². The van der Waals surface area contributed by atoms with Crippen LogP contribution in [0.2, 0.25) is 0 Å². The Kier molecular flexibility index (Phi) is 275. The maximum absolute atomic E-state index is 8.25. The third kappa shape index (κ3) is 4300. The zero-order valence-corrected chi connectivity index (χ0v) is 8.76. The minimum absolute atomic E-state index is 0. The second kappa shape index (κ2) is 54.9. The monoisotopic (exact) mass is 254 g/mol. The molecule has 0 unspecified atom stereocenters. The molecule has 0 aliphatic rings. The first kappa shape index (κ1) is 70.1. The smallest absolute Gasteiger partial charge is 0.412 e. The van der Waals surface area contributed by atoms with Gasteiger partial charge in [-0.1, -0.05) is 0 Å². The zero-order valence-electron chi connectivity index (χ0n) is 6.55. The quantitative estimate of drug-likeness (QED) is 0.231. The summed E-state index contributed by atoms with van der Waals surface area (Å²) in [4.78, 5) is 16.5. The van der Waals surface area contributed by atoms with Gasteiger partial charge < -0.3 is 58.0 Å². The number of hydrogen-bond acceptors (Lipinski definition) is 6. The average Bonchev–Trinajstić information content (AvgIpc) is 1.25. The van der Waals surface area contributed by atoms with Crippen molar-refractivity contribution in [1.82, 2.24) is 0 Å².